The monoisotopic (exact) mass is 560 g/mol. The maximum Gasteiger partial charge on any atom is 0.257 e. The van der Waals surface area contributed by atoms with E-state index in [2.05, 4.69) is 10.6 Å². The molecular formula is C24H15Cl4F3N2O2. The molecule has 0 aliphatic heterocycles. The van der Waals surface area contributed by atoms with Crippen molar-refractivity contribution in [3.8, 4) is 0 Å². The van der Waals surface area contributed by atoms with Crippen LogP contribution in [0.1, 0.15) is 27.4 Å². The van der Waals surface area contributed by atoms with Crippen LogP contribution in [0.15, 0.2) is 48.5 Å². The number of benzene rings is 3. The van der Waals surface area contributed by atoms with E-state index < -0.39 is 50.5 Å². The van der Waals surface area contributed by atoms with Crippen LogP contribution in [-0.4, -0.2) is 16.1 Å². The number of rotatable bonds is 5. The fraction of sp³-hybridized carbons (Fsp3) is 0.167. The van der Waals surface area contributed by atoms with Crippen LogP contribution in [0.4, 0.5) is 24.5 Å². The van der Waals surface area contributed by atoms with Gasteiger partial charge in [-0.3, -0.25) is 9.59 Å². The van der Waals surface area contributed by atoms with E-state index in [0.717, 1.165) is 12.1 Å². The van der Waals surface area contributed by atoms with Crippen LogP contribution in [-0.2, 0) is 4.79 Å². The Hall–Kier alpha value is -2.45. The van der Waals surface area contributed by atoms with Crippen LogP contribution < -0.4 is 10.6 Å². The lowest BCUT2D eigenvalue weighted by Gasteiger charge is -2.12. The average Bonchev–Trinajstić information content (AvgIpc) is 3.36. The van der Waals surface area contributed by atoms with Crippen molar-refractivity contribution in [1.82, 2.24) is 0 Å². The summed E-state index contributed by atoms with van der Waals surface area (Å²) in [6, 6.07) is 10.2. The van der Waals surface area contributed by atoms with Crippen molar-refractivity contribution in [3.05, 3.63) is 92.7 Å². The van der Waals surface area contributed by atoms with Crippen molar-refractivity contribution >= 4 is 69.6 Å². The number of carbonyl (C=O) groups excluding carboxylic acids is 2. The van der Waals surface area contributed by atoms with E-state index in [1.54, 1.807) is 6.92 Å². The molecule has 2 N–H and O–H groups in total. The minimum Gasteiger partial charge on any atom is -0.326 e. The Morgan fingerprint density at radius 3 is 2.34 bits per heavy atom. The summed E-state index contributed by atoms with van der Waals surface area (Å²) in [4.78, 5) is 25.7. The van der Waals surface area contributed by atoms with E-state index in [1.165, 1.54) is 36.4 Å². The molecule has 182 valence electrons. The van der Waals surface area contributed by atoms with Crippen molar-refractivity contribution in [3.63, 3.8) is 0 Å². The summed E-state index contributed by atoms with van der Waals surface area (Å²) in [7, 11) is 0. The van der Waals surface area contributed by atoms with Gasteiger partial charge in [-0.15, -0.1) is 23.2 Å². The van der Waals surface area contributed by atoms with Gasteiger partial charge in [0.15, 0.2) is 0 Å². The standard InChI is InChI=1S/C24H15Cl4F3N2O2/c1-10-8-11(29)2-7-17(10)33-22(34)14-9-12(3-5-15(14)25)32-23(35)19-18(24(19,27)28)13-4-6-16(30)20(26)21(13)31/h2-9,18-19H,1H3,(H,32,35)(H,33,34). The van der Waals surface area contributed by atoms with E-state index in [-0.39, 0.29) is 21.8 Å². The normalized spacial score (nSPS) is 18.2. The van der Waals surface area contributed by atoms with Crippen LogP contribution in [0, 0.1) is 30.3 Å². The molecule has 0 heterocycles. The minimum absolute atomic E-state index is 0.0416. The molecule has 35 heavy (non-hydrogen) atoms. The predicted octanol–water partition coefficient (Wildman–Crippen LogP) is 7.50. The number of hydrogen-bond acceptors (Lipinski definition) is 2. The Morgan fingerprint density at radius 1 is 0.943 bits per heavy atom. The molecule has 1 aliphatic rings. The third kappa shape index (κ3) is 4.96. The molecule has 2 amide bonds. The Balaban J connectivity index is 1.53. The zero-order chi connectivity index (χ0) is 25.7. The zero-order valence-electron chi connectivity index (χ0n) is 17.7. The lowest BCUT2D eigenvalue weighted by atomic mass is 10.1. The molecule has 0 aromatic heterocycles. The van der Waals surface area contributed by atoms with Gasteiger partial charge < -0.3 is 10.6 Å². The summed E-state index contributed by atoms with van der Waals surface area (Å²) >= 11 is 24.3. The Bertz CT molecular complexity index is 1370. The first-order chi connectivity index (χ1) is 16.4. The van der Waals surface area contributed by atoms with Gasteiger partial charge in [0, 0.05) is 17.3 Å². The molecule has 0 radical (unpaired) electrons. The van der Waals surface area contributed by atoms with Crippen molar-refractivity contribution in [1.29, 1.82) is 0 Å². The summed E-state index contributed by atoms with van der Waals surface area (Å²) < 4.78 is 39.7. The smallest absolute Gasteiger partial charge is 0.257 e. The van der Waals surface area contributed by atoms with Crippen LogP contribution in [0.3, 0.4) is 0 Å². The van der Waals surface area contributed by atoms with Gasteiger partial charge in [-0.05, 0) is 60.5 Å². The minimum atomic E-state index is -1.65. The van der Waals surface area contributed by atoms with E-state index in [0.29, 0.717) is 11.3 Å². The number of amides is 2. The molecule has 1 saturated carbocycles. The summed E-state index contributed by atoms with van der Waals surface area (Å²) in [5.74, 6) is -5.72. The second-order valence-corrected chi connectivity index (χ2v) is 10.2. The van der Waals surface area contributed by atoms with E-state index in [4.69, 9.17) is 46.4 Å². The second-order valence-electron chi connectivity index (χ2n) is 7.99. The van der Waals surface area contributed by atoms with Gasteiger partial charge in [-0.1, -0.05) is 29.3 Å². The second kappa shape index (κ2) is 9.54. The van der Waals surface area contributed by atoms with Gasteiger partial charge in [0.2, 0.25) is 5.91 Å². The molecule has 1 fully saturated rings. The largest absolute Gasteiger partial charge is 0.326 e. The molecular weight excluding hydrogens is 547 g/mol. The molecule has 3 aromatic rings. The van der Waals surface area contributed by atoms with Gasteiger partial charge in [0.05, 0.1) is 16.5 Å². The van der Waals surface area contributed by atoms with Gasteiger partial charge in [-0.2, -0.15) is 0 Å². The molecule has 2 atom stereocenters. The number of anilines is 2. The highest BCUT2D eigenvalue weighted by atomic mass is 35.5. The zero-order valence-corrected chi connectivity index (χ0v) is 20.8. The molecule has 2 unspecified atom stereocenters. The van der Waals surface area contributed by atoms with Crippen molar-refractivity contribution in [2.24, 2.45) is 5.92 Å². The highest BCUT2D eigenvalue weighted by Crippen LogP contribution is 2.65. The third-order valence-electron chi connectivity index (χ3n) is 5.65. The topological polar surface area (TPSA) is 58.2 Å². The lowest BCUT2D eigenvalue weighted by Crippen LogP contribution is -2.18. The number of hydrogen-bond donors (Lipinski definition) is 2. The summed E-state index contributed by atoms with van der Waals surface area (Å²) in [5, 5.41) is 4.61. The maximum absolute atomic E-state index is 14.5. The Kier molecular flexibility index (Phi) is 6.99. The van der Waals surface area contributed by atoms with Gasteiger partial charge >= 0.3 is 0 Å². The van der Waals surface area contributed by atoms with E-state index in [1.807, 2.05) is 0 Å². The molecule has 11 heteroatoms. The quantitative estimate of drug-likeness (QED) is 0.250. The molecule has 1 aliphatic carbocycles. The summed E-state index contributed by atoms with van der Waals surface area (Å²) in [5.41, 5.74) is 1.05. The number of carbonyl (C=O) groups is 2. The van der Waals surface area contributed by atoms with E-state index >= 15 is 0 Å². The third-order valence-corrected chi connectivity index (χ3v) is 7.27. The highest BCUT2D eigenvalue weighted by Gasteiger charge is 2.68. The Morgan fingerprint density at radius 2 is 1.66 bits per heavy atom. The molecule has 0 saturated heterocycles. The number of halogens is 7. The molecule has 0 spiro atoms. The van der Waals surface area contributed by atoms with Gasteiger partial charge in [-0.25, -0.2) is 13.2 Å². The number of aryl methyl sites for hydroxylation is 1. The first-order valence-corrected chi connectivity index (χ1v) is 11.6. The summed E-state index contributed by atoms with van der Waals surface area (Å²) in [6.45, 7) is 1.63. The average molecular weight is 562 g/mol. The number of nitrogens with one attached hydrogen (secondary N) is 2. The van der Waals surface area contributed by atoms with Crippen molar-refractivity contribution in [2.75, 3.05) is 10.6 Å². The predicted molar refractivity (Wildman–Crippen MR) is 131 cm³/mol. The van der Waals surface area contributed by atoms with Crippen LogP contribution in [0.5, 0.6) is 0 Å². The van der Waals surface area contributed by atoms with E-state index in [9.17, 15) is 22.8 Å². The number of alkyl halides is 2. The Labute approximate surface area is 218 Å². The fourth-order valence-electron chi connectivity index (χ4n) is 3.77. The summed E-state index contributed by atoms with van der Waals surface area (Å²) in [6.07, 6.45) is 0. The molecule has 0 bridgehead atoms. The fourth-order valence-corrected chi connectivity index (χ4v) is 4.96. The van der Waals surface area contributed by atoms with Crippen molar-refractivity contribution < 1.29 is 22.8 Å². The van der Waals surface area contributed by atoms with Gasteiger partial charge in [0.1, 0.15) is 26.8 Å². The van der Waals surface area contributed by atoms with Gasteiger partial charge in [0.25, 0.3) is 5.91 Å². The molecule has 3 aromatic carbocycles. The maximum atomic E-state index is 14.5. The molecule has 4 rings (SSSR count). The lowest BCUT2D eigenvalue weighted by molar-refractivity contribution is -0.117. The van der Waals surface area contributed by atoms with Crippen LogP contribution >= 0.6 is 46.4 Å². The molecule has 4 nitrogen and oxygen atoms in total. The first kappa shape index (κ1) is 25.6. The van der Waals surface area contributed by atoms with Crippen LogP contribution in [0.2, 0.25) is 10.0 Å². The van der Waals surface area contributed by atoms with Crippen LogP contribution in [0.25, 0.3) is 0 Å². The SMILES string of the molecule is Cc1cc(F)ccc1NC(=O)c1cc(NC(=O)C2C(c3ccc(F)c(Cl)c3F)C2(Cl)Cl)ccc1Cl. The first-order valence-electron chi connectivity index (χ1n) is 10.1. The van der Waals surface area contributed by atoms with Crippen molar-refractivity contribution in [2.45, 2.75) is 17.2 Å². The highest BCUT2D eigenvalue weighted by molar-refractivity contribution is 6.53.